The maximum absolute atomic E-state index is 11.7. The maximum atomic E-state index is 11.7. The molecule has 1 aliphatic heterocycles. The smallest absolute Gasteiger partial charge is 0.222 e. The molecule has 3 nitrogen and oxygen atoms in total. The molecule has 2 unspecified atom stereocenters. The first kappa shape index (κ1) is 11.9. The Hall–Kier alpha value is -0.570. The van der Waals surface area contributed by atoms with Crippen LogP contribution in [0.3, 0.4) is 0 Å². The summed E-state index contributed by atoms with van der Waals surface area (Å²) in [6.45, 7) is 8.50. The van der Waals surface area contributed by atoms with Crippen LogP contribution in [0.4, 0.5) is 0 Å². The third kappa shape index (κ3) is 2.97. The number of amides is 1. The van der Waals surface area contributed by atoms with Gasteiger partial charge in [0.15, 0.2) is 0 Å². The fraction of sp³-hybridized carbons (Fsp3) is 0.923. The normalized spacial score (nSPS) is 31.8. The van der Waals surface area contributed by atoms with E-state index in [0.29, 0.717) is 12.0 Å². The van der Waals surface area contributed by atoms with E-state index in [4.69, 9.17) is 0 Å². The van der Waals surface area contributed by atoms with Crippen molar-refractivity contribution in [1.82, 2.24) is 10.2 Å². The molecule has 16 heavy (non-hydrogen) atoms. The van der Waals surface area contributed by atoms with E-state index in [9.17, 15) is 4.79 Å². The van der Waals surface area contributed by atoms with Crippen molar-refractivity contribution in [2.75, 3.05) is 13.1 Å². The summed E-state index contributed by atoms with van der Waals surface area (Å²) in [4.78, 5) is 14.2. The lowest BCUT2D eigenvalue weighted by Crippen LogP contribution is -2.51. The minimum absolute atomic E-state index is 0.103. The minimum Gasteiger partial charge on any atom is -0.352 e. The fourth-order valence-corrected chi connectivity index (χ4v) is 2.60. The van der Waals surface area contributed by atoms with Crippen LogP contribution in [0.15, 0.2) is 0 Å². The quantitative estimate of drug-likeness (QED) is 0.790. The molecule has 92 valence electrons. The van der Waals surface area contributed by atoms with Gasteiger partial charge in [-0.2, -0.15) is 0 Å². The van der Waals surface area contributed by atoms with Crippen molar-refractivity contribution >= 4 is 5.91 Å². The minimum atomic E-state index is 0.103. The van der Waals surface area contributed by atoms with Crippen molar-refractivity contribution in [3.05, 3.63) is 0 Å². The van der Waals surface area contributed by atoms with Crippen molar-refractivity contribution in [2.24, 2.45) is 11.8 Å². The number of piperidine rings is 1. The van der Waals surface area contributed by atoms with Gasteiger partial charge in [-0.3, -0.25) is 9.69 Å². The van der Waals surface area contributed by atoms with Crippen LogP contribution in [0, 0.1) is 11.8 Å². The van der Waals surface area contributed by atoms with Gasteiger partial charge in [-0.05, 0) is 25.2 Å². The number of nitrogens with zero attached hydrogens (tertiary/aromatic N) is 1. The van der Waals surface area contributed by atoms with E-state index in [1.807, 2.05) is 13.8 Å². The lowest BCUT2D eigenvalue weighted by molar-refractivity contribution is -0.125. The molecule has 1 N–H and O–H groups in total. The molecule has 2 rings (SSSR count). The van der Waals surface area contributed by atoms with Crippen LogP contribution in [0.25, 0.3) is 0 Å². The molecule has 0 aromatic carbocycles. The van der Waals surface area contributed by atoms with E-state index in [1.54, 1.807) is 0 Å². The fourth-order valence-electron chi connectivity index (χ4n) is 2.60. The van der Waals surface area contributed by atoms with Crippen LogP contribution < -0.4 is 5.32 Å². The van der Waals surface area contributed by atoms with Gasteiger partial charge in [0.05, 0.1) is 0 Å². The Labute approximate surface area is 98.6 Å². The molecule has 1 heterocycles. The second-order valence-corrected chi connectivity index (χ2v) is 5.89. The van der Waals surface area contributed by atoms with Gasteiger partial charge in [0, 0.05) is 31.1 Å². The summed E-state index contributed by atoms with van der Waals surface area (Å²) >= 11 is 0. The van der Waals surface area contributed by atoms with Crippen LogP contribution in [-0.2, 0) is 4.79 Å². The highest BCUT2D eigenvalue weighted by Gasteiger charge is 2.35. The number of carbonyl (C=O) groups excluding carboxylic acids is 1. The Balaban J connectivity index is 1.86. The van der Waals surface area contributed by atoms with Crippen molar-refractivity contribution < 1.29 is 4.79 Å². The molecule has 0 aromatic heterocycles. The predicted octanol–water partition coefficient (Wildman–Crippen LogP) is 1.63. The molecule has 2 atom stereocenters. The lowest BCUT2D eigenvalue weighted by Gasteiger charge is -2.37. The molecule has 1 saturated carbocycles. The van der Waals surface area contributed by atoms with E-state index in [2.05, 4.69) is 17.1 Å². The summed E-state index contributed by atoms with van der Waals surface area (Å²) in [5, 5.41) is 3.18. The topological polar surface area (TPSA) is 32.3 Å². The molecule has 3 heteroatoms. The van der Waals surface area contributed by atoms with Crippen LogP contribution in [0.2, 0.25) is 0 Å². The Bertz CT molecular complexity index is 261. The monoisotopic (exact) mass is 224 g/mol. The van der Waals surface area contributed by atoms with E-state index < -0.39 is 0 Å². The number of nitrogens with one attached hydrogen (secondary N) is 1. The van der Waals surface area contributed by atoms with Gasteiger partial charge in [0.1, 0.15) is 0 Å². The van der Waals surface area contributed by atoms with Crippen molar-refractivity contribution in [3.8, 4) is 0 Å². The third-order valence-corrected chi connectivity index (χ3v) is 3.62. The Morgan fingerprint density at radius 1 is 1.31 bits per heavy atom. The summed E-state index contributed by atoms with van der Waals surface area (Å²) in [6.07, 6.45) is 3.86. The van der Waals surface area contributed by atoms with Crippen molar-refractivity contribution in [1.29, 1.82) is 0 Å². The molecule has 2 aliphatic rings. The molecular weight excluding hydrogens is 200 g/mol. The molecule has 0 radical (unpaired) electrons. The second kappa shape index (κ2) is 4.74. The zero-order valence-corrected chi connectivity index (χ0v) is 10.7. The summed E-state index contributed by atoms with van der Waals surface area (Å²) in [6, 6.07) is 1.19. The summed E-state index contributed by atoms with van der Waals surface area (Å²) in [7, 11) is 0. The molecule has 1 amide bonds. The molecule has 1 saturated heterocycles. The van der Waals surface area contributed by atoms with E-state index in [1.165, 1.54) is 19.4 Å². The molecule has 2 fully saturated rings. The Morgan fingerprint density at radius 3 is 2.56 bits per heavy atom. The molecule has 1 aliphatic carbocycles. The van der Waals surface area contributed by atoms with Gasteiger partial charge in [0.2, 0.25) is 5.91 Å². The van der Waals surface area contributed by atoms with Crippen LogP contribution in [0.1, 0.15) is 40.0 Å². The summed E-state index contributed by atoms with van der Waals surface area (Å²) in [5.74, 6) is 1.02. The first-order valence-corrected chi connectivity index (χ1v) is 6.60. The maximum Gasteiger partial charge on any atom is 0.222 e. The Morgan fingerprint density at radius 2 is 2.00 bits per heavy atom. The highest BCUT2D eigenvalue weighted by atomic mass is 16.1. The number of likely N-dealkylation sites (tertiary alicyclic amines) is 1. The van der Waals surface area contributed by atoms with Crippen LogP contribution in [0.5, 0.6) is 0 Å². The lowest BCUT2D eigenvalue weighted by atomic mass is 9.95. The van der Waals surface area contributed by atoms with Gasteiger partial charge < -0.3 is 5.32 Å². The molecule has 0 bridgehead atoms. The average Bonchev–Trinajstić information content (AvgIpc) is 2.99. The number of rotatable bonds is 3. The zero-order valence-electron chi connectivity index (χ0n) is 10.7. The zero-order chi connectivity index (χ0) is 11.7. The summed E-state index contributed by atoms with van der Waals surface area (Å²) in [5.41, 5.74) is 0. The van der Waals surface area contributed by atoms with Gasteiger partial charge in [-0.15, -0.1) is 0 Å². The first-order valence-electron chi connectivity index (χ1n) is 6.60. The third-order valence-electron chi connectivity index (χ3n) is 3.62. The van der Waals surface area contributed by atoms with Gasteiger partial charge in [0.25, 0.3) is 0 Å². The standard InChI is InChI=1S/C13H24N2O/c1-9(2)13(16)14-11-6-10(3)7-15(8-11)12-4-5-12/h9-12H,4-8H2,1-3H3,(H,14,16). The van der Waals surface area contributed by atoms with Crippen LogP contribution in [-0.4, -0.2) is 36.0 Å². The van der Waals surface area contributed by atoms with Gasteiger partial charge >= 0.3 is 0 Å². The second-order valence-electron chi connectivity index (χ2n) is 5.89. The van der Waals surface area contributed by atoms with E-state index >= 15 is 0 Å². The molecule has 0 spiro atoms. The number of hydrogen-bond acceptors (Lipinski definition) is 2. The number of carbonyl (C=O) groups is 1. The van der Waals surface area contributed by atoms with Crippen molar-refractivity contribution in [3.63, 3.8) is 0 Å². The largest absolute Gasteiger partial charge is 0.352 e. The van der Waals surface area contributed by atoms with Crippen molar-refractivity contribution in [2.45, 2.75) is 52.1 Å². The first-order chi connectivity index (χ1) is 7.56. The number of hydrogen-bond donors (Lipinski definition) is 1. The predicted molar refractivity (Wildman–Crippen MR) is 65.1 cm³/mol. The van der Waals surface area contributed by atoms with E-state index in [-0.39, 0.29) is 11.8 Å². The SMILES string of the molecule is CC1CC(NC(=O)C(C)C)CN(C2CC2)C1. The van der Waals surface area contributed by atoms with E-state index in [0.717, 1.165) is 19.0 Å². The molecule has 0 aromatic rings. The molecular formula is C13H24N2O. The van der Waals surface area contributed by atoms with Gasteiger partial charge in [-0.25, -0.2) is 0 Å². The average molecular weight is 224 g/mol. The highest BCUT2D eigenvalue weighted by molar-refractivity contribution is 5.78. The Kier molecular flexibility index (Phi) is 3.53. The summed E-state index contributed by atoms with van der Waals surface area (Å²) < 4.78 is 0. The van der Waals surface area contributed by atoms with Gasteiger partial charge in [-0.1, -0.05) is 20.8 Å². The van der Waals surface area contributed by atoms with Crippen LogP contribution >= 0.6 is 0 Å². The highest BCUT2D eigenvalue weighted by Crippen LogP contribution is 2.30.